The van der Waals surface area contributed by atoms with Gasteiger partial charge in [-0.3, -0.25) is 9.52 Å². The van der Waals surface area contributed by atoms with E-state index in [2.05, 4.69) is 10.0 Å². The van der Waals surface area contributed by atoms with E-state index in [4.69, 9.17) is 0 Å². The molecule has 0 aliphatic carbocycles. The highest BCUT2D eigenvalue weighted by atomic mass is 32.2. The van der Waals surface area contributed by atoms with Crippen LogP contribution in [-0.4, -0.2) is 14.3 Å². The molecule has 0 aliphatic heterocycles. The van der Waals surface area contributed by atoms with Gasteiger partial charge in [0, 0.05) is 5.56 Å². The van der Waals surface area contributed by atoms with Crippen LogP contribution in [0.5, 0.6) is 0 Å². The average Bonchev–Trinajstić information content (AvgIpc) is 2.68. The molecule has 0 bridgehead atoms. The Morgan fingerprint density at radius 3 is 2.36 bits per heavy atom. The van der Waals surface area contributed by atoms with E-state index in [9.17, 15) is 17.6 Å². The topological polar surface area (TPSA) is 75.3 Å². The first kappa shape index (κ1) is 19.6. The van der Waals surface area contributed by atoms with E-state index in [1.165, 1.54) is 42.5 Å². The summed E-state index contributed by atoms with van der Waals surface area (Å²) in [6.07, 6.45) is 0. The van der Waals surface area contributed by atoms with E-state index in [1.807, 2.05) is 37.3 Å². The molecule has 0 aliphatic rings. The van der Waals surface area contributed by atoms with Gasteiger partial charge in [0.25, 0.3) is 15.9 Å². The van der Waals surface area contributed by atoms with Gasteiger partial charge in [-0.2, -0.15) is 0 Å². The molecule has 144 valence electrons. The molecule has 0 fully saturated rings. The smallest absolute Gasteiger partial charge is 0.261 e. The van der Waals surface area contributed by atoms with Crippen molar-refractivity contribution in [1.29, 1.82) is 0 Å². The molecule has 0 saturated heterocycles. The van der Waals surface area contributed by atoms with Gasteiger partial charge in [-0.15, -0.1) is 0 Å². The second-order valence-electron chi connectivity index (χ2n) is 6.25. The Balaban J connectivity index is 1.78. The number of sulfonamides is 1. The molecule has 0 heterocycles. The maximum absolute atomic E-state index is 13.3. The Labute approximate surface area is 163 Å². The minimum absolute atomic E-state index is 0.0863. The zero-order valence-electron chi connectivity index (χ0n) is 15.1. The summed E-state index contributed by atoms with van der Waals surface area (Å²) in [4.78, 5) is 12.4. The number of benzene rings is 3. The predicted molar refractivity (Wildman–Crippen MR) is 106 cm³/mol. The molecule has 1 unspecified atom stereocenters. The molecule has 0 saturated carbocycles. The van der Waals surface area contributed by atoms with Gasteiger partial charge in [0.2, 0.25) is 0 Å². The van der Waals surface area contributed by atoms with Crippen molar-refractivity contribution in [3.05, 3.63) is 95.8 Å². The number of carbonyl (C=O) groups excluding carboxylic acids is 1. The first-order valence-electron chi connectivity index (χ1n) is 8.59. The minimum Gasteiger partial charge on any atom is -0.346 e. The summed E-state index contributed by atoms with van der Waals surface area (Å²) in [7, 11) is -3.96. The van der Waals surface area contributed by atoms with E-state index in [0.717, 1.165) is 11.6 Å². The van der Waals surface area contributed by atoms with E-state index in [0.29, 0.717) is 0 Å². The van der Waals surface area contributed by atoms with Crippen molar-refractivity contribution in [2.24, 2.45) is 0 Å². The molecule has 0 radical (unpaired) electrons. The molecule has 3 rings (SSSR count). The summed E-state index contributed by atoms with van der Waals surface area (Å²) in [5, 5.41) is 2.84. The van der Waals surface area contributed by atoms with Crippen LogP contribution in [-0.2, 0) is 10.0 Å². The van der Waals surface area contributed by atoms with Crippen molar-refractivity contribution in [2.45, 2.75) is 17.9 Å². The van der Waals surface area contributed by atoms with E-state index in [1.54, 1.807) is 0 Å². The Morgan fingerprint density at radius 1 is 0.929 bits per heavy atom. The van der Waals surface area contributed by atoms with Crippen LogP contribution in [0, 0.1) is 5.82 Å². The Hall–Kier alpha value is -3.19. The van der Waals surface area contributed by atoms with E-state index >= 15 is 0 Å². The fourth-order valence-electron chi connectivity index (χ4n) is 2.68. The summed E-state index contributed by atoms with van der Waals surface area (Å²) >= 11 is 0. The lowest BCUT2D eigenvalue weighted by Gasteiger charge is -2.15. The van der Waals surface area contributed by atoms with Crippen molar-refractivity contribution in [3.63, 3.8) is 0 Å². The lowest BCUT2D eigenvalue weighted by atomic mass is 10.1. The first-order valence-corrected chi connectivity index (χ1v) is 10.1. The monoisotopic (exact) mass is 398 g/mol. The maximum atomic E-state index is 13.3. The van der Waals surface area contributed by atoms with Crippen LogP contribution in [0.1, 0.15) is 28.9 Å². The molecule has 7 heteroatoms. The molecule has 0 spiro atoms. The second-order valence-corrected chi connectivity index (χ2v) is 7.93. The molecule has 3 aromatic carbocycles. The lowest BCUT2D eigenvalue weighted by Crippen LogP contribution is -2.26. The third-order valence-electron chi connectivity index (χ3n) is 4.13. The molecule has 2 N–H and O–H groups in total. The zero-order valence-corrected chi connectivity index (χ0v) is 15.9. The number of halogens is 1. The van der Waals surface area contributed by atoms with Gasteiger partial charge in [-0.05, 0) is 48.9 Å². The molecular weight excluding hydrogens is 379 g/mol. The first-order chi connectivity index (χ1) is 13.3. The summed E-state index contributed by atoms with van der Waals surface area (Å²) in [5.74, 6) is -0.942. The van der Waals surface area contributed by atoms with Gasteiger partial charge in [0.05, 0.1) is 16.6 Å². The van der Waals surface area contributed by atoms with Crippen LogP contribution in [0.3, 0.4) is 0 Å². The number of hydrogen-bond donors (Lipinski definition) is 2. The third kappa shape index (κ3) is 4.75. The fraction of sp³-hybridized carbons (Fsp3) is 0.0952. The van der Waals surface area contributed by atoms with Gasteiger partial charge >= 0.3 is 0 Å². The fourth-order valence-corrected chi connectivity index (χ4v) is 3.77. The molecular formula is C21H19FN2O3S. The largest absolute Gasteiger partial charge is 0.346 e. The molecule has 28 heavy (non-hydrogen) atoms. The highest BCUT2D eigenvalue weighted by Gasteiger charge is 2.18. The second kappa shape index (κ2) is 8.22. The van der Waals surface area contributed by atoms with Crippen LogP contribution in [0.25, 0.3) is 0 Å². The normalized spacial score (nSPS) is 12.2. The van der Waals surface area contributed by atoms with Gasteiger partial charge in [0.1, 0.15) is 5.82 Å². The zero-order chi connectivity index (χ0) is 20.1. The van der Waals surface area contributed by atoms with Gasteiger partial charge < -0.3 is 5.32 Å². The number of nitrogens with one attached hydrogen (secondary N) is 2. The average molecular weight is 398 g/mol. The van der Waals surface area contributed by atoms with Crippen molar-refractivity contribution < 1.29 is 17.6 Å². The minimum atomic E-state index is -3.96. The van der Waals surface area contributed by atoms with E-state index < -0.39 is 15.8 Å². The number of rotatable bonds is 6. The summed E-state index contributed by atoms with van der Waals surface area (Å²) < 4.78 is 40.7. The van der Waals surface area contributed by atoms with Crippen LogP contribution in [0.4, 0.5) is 10.1 Å². The SMILES string of the molecule is CC(NC(=O)c1cccc(S(=O)(=O)Nc2cccc(F)c2)c1)c1ccccc1. The van der Waals surface area contributed by atoms with E-state index in [-0.39, 0.29) is 28.1 Å². The summed E-state index contributed by atoms with van der Waals surface area (Å²) in [5.41, 5.74) is 1.25. The standard InChI is InChI=1S/C21H19FN2O3S/c1-15(16-7-3-2-4-8-16)23-21(25)17-9-5-12-20(13-17)28(26,27)24-19-11-6-10-18(22)14-19/h2-15,24H,1H3,(H,23,25). The quantitative estimate of drug-likeness (QED) is 0.656. The van der Waals surface area contributed by atoms with Crippen LogP contribution in [0.15, 0.2) is 83.8 Å². The number of anilines is 1. The Kier molecular flexibility index (Phi) is 5.75. The highest BCUT2D eigenvalue weighted by Crippen LogP contribution is 2.19. The highest BCUT2D eigenvalue weighted by molar-refractivity contribution is 7.92. The van der Waals surface area contributed by atoms with Crippen molar-refractivity contribution in [2.75, 3.05) is 4.72 Å². The molecule has 0 aromatic heterocycles. The van der Waals surface area contributed by atoms with Crippen LogP contribution < -0.4 is 10.0 Å². The lowest BCUT2D eigenvalue weighted by molar-refractivity contribution is 0.0939. The summed E-state index contributed by atoms with van der Waals surface area (Å²) in [6, 6.07) is 20.0. The molecule has 1 atom stereocenters. The third-order valence-corrected chi connectivity index (χ3v) is 5.51. The maximum Gasteiger partial charge on any atom is 0.261 e. The van der Waals surface area contributed by atoms with Crippen LogP contribution >= 0.6 is 0 Å². The Morgan fingerprint density at radius 2 is 1.64 bits per heavy atom. The van der Waals surface area contributed by atoms with Crippen LogP contribution in [0.2, 0.25) is 0 Å². The molecule has 1 amide bonds. The number of amides is 1. The summed E-state index contributed by atoms with van der Waals surface area (Å²) in [6.45, 7) is 1.85. The van der Waals surface area contributed by atoms with Gasteiger partial charge in [-0.25, -0.2) is 12.8 Å². The van der Waals surface area contributed by atoms with Crippen molar-refractivity contribution in [3.8, 4) is 0 Å². The predicted octanol–water partition coefficient (Wildman–Crippen LogP) is 4.12. The molecule has 5 nitrogen and oxygen atoms in total. The van der Waals surface area contributed by atoms with Crippen molar-refractivity contribution >= 4 is 21.6 Å². The number of carbonyl (C=O) groups is 1. The Bertz CT molecular complexity index is 1090. The van der Waals surface area contributed by atoms with Crippen molar-refractivity contribution in [1.82, 2.24) is 5.32 Å². The molecule has 3 aromatic rings. The number of hydrogen-bond acceptors (Lipinski definition) is 3. The van der Waals surface area contributed by atoms with Gasteiger partial charge in [0.15, 0.2) is 0 Å². The van der Waals surface area contributed by atoms with Gasteiger partial charge in [-0.1, -0.05) is 42.5 Å².